The first-order valence-electron chi connectivity index (χ1n) is 9.13. The largest absolute Gasteiger partial charge is 0.484 e. The number of hydrogen-bond acceptors (Lipinski definition) is 4. The van der Waals surface area contributed by atoms with Crippen LogP contribution < -0.4 is 10.1 Å². The van der Waals surface area contributed by atoms with Crippen molar-refractivity contribution in [2.75, 3.05) is 46.4 Å². The number of amides is 2. The smallest absolute Gasteiger partial charge is 0.258 e. The lowest BCUT2D eigenvalue weighted by molar-refractivity contribution is -0.134. The Hall–Kier alpha value is -2.86. The first-order chi connectivity index (χ1) is 13.1. The summed E-state index contributed by atoms with van der Waals surface area (Å²) in [7, 11) is 2.04. The maximum atomic E-state index is 12.1. The summed E-state index contributed by atoms with van der Waals surface area (Å²) in [4.78, 5) is 28.0. The van der Waals surface area contributed by atoms with Gasteiger partial charge in [0.25, 0.3) is 5.91 Å². The molecule has 0 unspecified atom stereocenters. The molecule has 2 amide bonds. The Morgan fingerprint density at radius 3 is 2.22 bits per heavy atom. The molecule has 0 aliphatic carbocycles. The molecule has 142 valence electrons. The van der Waals surface area contributed by atoms with Crippen molar-refractivity contribution in [3.05, 3.63) is 54.6 Å². The second-order valence-corrected chi connectivity index (χ2v) is 6.64. The minimum Gasteiger partial charge on any atom is -0.484 e. The zero-order valence-corrected chi connectivity index (χ0v) is 15.6. The fourth-order valence-corrected chi connectivity index (χ4v) is 2.92. The quantitative estimate of drug-likeness (QED) is 0.843. The van der Waals surface area contributed by atoms with Crippen molar-refractivity contribution in [3.8, 4) is 16.9 Å². The van der Waals surface area contributed by atoms with Gasteiger partial charge in [0.05, 0.1) is 6.54 Å². The van der Waals surface area contributed by atoms with Gasteiger partial charge in [-0.15, -0.1) is 0 Å². The minimum atomic E-state index is -0.301. The molecule has 1 aliphatic rings. The van der Waals surface area contributed by atoms with Crippen molar-refractivity contribution in [3.63, 3.8) is 0 Å². The molecule has 3 rings (SSSR count). The highest BCUT2D eigenvalue weighted by atomic mass is 16.5. The van der Waals surface area contributed by atoms with E-state index in [1.807, 2.05) is 61.6 Å². The third kappa shape index (κ3) is 5.56. The first kappa shape index (κ1) is 18.9. The van der Waals surface area contributed by atoms with Gasteiger partial charge in [-0.1, -0.05) is 42.5 Å². The maximum Gasteiger partial charge on any atom is 0.258 e. The van der Waals surface area contributed by atoms with E-state index in [0.717, 1.165) is 24.2 Å². The van der Waals surface area contributed by atoms with E-state index < -0.39 is 0 Å². The molecule has 0 bridgehead atoms. The van der Waals surface area contributed by atoms with Crippen LogP contribution in [0, 0.1) is 0 Å². The van der Waals surface area contributed by atoms with Crippen LogP contribution in [0.1, 0.15) is 0 Å². The highest BCUT2D eigenvalue weighted by molar-refractivity contribution is 5.85. The number of likely N-dealkylation sites (N-methyl/N-ethyl adjacent to an activating group) is 1. The van der Waals surface area contributed by atoms with Crippen LogP contribution in [0.5, 0.6) is 5.75 Å². The van der Waals surface area contributed by atoms with E-state index in [1.54, 1.807) is 4.90 Å². The third-order valence-corrected chi connectivity index (χ3v) is 4.62. The number of benzene rings is 2. The number of nitrogens with one attached hydrogen (secondary N) is 1. The van der Waals surface area contributed by atoms with E-state index in [4.69, 9.17) is 4.74 Å². The van der Waals surface area contributed by atoms with Crippen LogP contribution in [0.2, 0.25) is 0 Å². The standard InChI is InChI=1S/C21H25N3O3/c1-23-11-13-24(14-12-23)21(26)15-22-20(25)16-27-19-9-7-18(8-10-19)17-5-3-2-4-6-17/h2-10H,11-16H2,1H3,(H,22,25). The lowest BCUT2D eigenvalue weighted by Gasteiger charge is -2.32. The van der Waals surface area contributed by atoms with Crippen molar-refractivity contribution in [1.82, 2.24) is 15.1 Å². The van der Waals surface area contributed by atoms with Gasteiger partial charge < -0.3 is 19.9 Å². The molecule has 0 spiro atoms. The van der Waals surface area contributed by atoms with Crippen LogP contribution >= 0.6 is 0 Å². The van der Waals surface area contributed by atoms with Crippen molar-refractivity contribution in [2.45, 2.75) is 0 Å². The maximum absolute atomic E-state index is 12.1. The lowest BCUT2D eigenvalue weighted by atomic mass is 10.1. The molecule has 6 nitrogen and oxygen atoms in total. The van der Waals surface area contributed by atoms with E-state index >= 15 is 0 Å². The first-order valence-corrected chi connectivity index (χ1v) is 9.13. The lowest BCUT2D eigenvalue weighted by Crippen LogP contribution is -2.50. The molecule has 2 aromatic carbocycles. The van der Waals surface area contributed by atoms with Crippen LogP contribution in [0.15, 0.2) is 54.6 Å². The van der Waals surface area contributed by atoms with Gasteiger partial charge >= 0.3 is 0 Å². The normalized spacial score (nSPS) is 14.6. The molecule has 1 heterocycles. The van der Waals surface area contributed by atoms with E-state index in [0.29, 0.717) is 18.8 Å². The molecular formula is C21H25N3O3. The minimum absolute atomic E-state index is 0.0128. The summed E-state index contributed by atoms with van der Waals surface area (Å²) in [5.74, 6) is 0.267. The van der Waals surface area contributed by atoms with Gasteiger partial charge in [0.1, 0.15) is 5.75 Å². The molecule has 1 fully saturated rings. The van der Waals surface area contributed by atoms with Gasteiger partial charge in [0.2, 0.25) is 5.91 Å². The number of piperazine rings is 1. The Kier molecular flexibility index (Phi) is 6.44. The summed E-state index contributed by atoms with van der Waals surface area (Å²) in [6, 6.07) is 17.6. The van der Waals surface area contributed by atoms with Gasteiger partial charge in [-0.2, -0.15) is 0 Å². The van der Waals surface area contributed by atoms with Crippen LogP contribution in [0.3, 0.4) is 0 Å². The SMILES string of the molecule is CN1CCN(C(=O)CNC(=O)COc2ccc(-c3ccccc3)cc2)CC1. The Morgan fingerprint density at radius 1 is 0.926 bits per heavy atom. The van der Waals surface area contributed by atoms with Crippen molar-refractivity contribution < 1.29 is 14.3 Å². The number of hydrogen-bond donors (Lipinski definition) is 1. The van der Waals surface area contributed by atoms with Crippen molar-refractivity contribution >= 4 is 11.8 Å². The fourth-order valence-electron chi connectivity index (χ4n) is 2.92. The highest BCUT2D eigenvalue weighted by Crippen LogP contribution is 2.21. The number of rotatable bonds is 6. The van der Waals surface area contributed by atoms with E-state index in [1.165, 1.54) is 0 Å². The molecule has 0 radical (unpaired) electrons. The average molecular weight is 367 g/mol. The van der Waals surface area contributed by atoms with Crippen molar-refractivity contribution in [2.24, 2.45) is 0 Å². The molecule has 2 aromatic rings. The second kappa shape index (κ2) is 9.19. The Balaban J connectivity index is 1.40. The zero-order chi connectivity index (χ0) is 19.1. The molecular weight excluding hydrogens is 342 g/mol. The molecule has 1 aliphatic heterocycles. The predicted molar refractivity (Wildman–Crippen MR) is 104 cm³/mol. The summed E-state index contributed by atoms with van der Waals surface area (Å²) < 4.78 is 5.51. The molecule has 27 heavy (non-hydrogen) atoms. The van der Waals surface area contributed by atoms with E-state index in [-0.39, 0.29) is 25.0 Å². The van der Waals surface area contributed by atoms with Crippen LogP contribution in [-0.4, -0.2) is 68.0 Å². The van der Waals surface area contributed by atoms with Gasteiger partial charge in [-0.25, -0.2) is 0 Å². The summed E-state index contributed by atoms with van der Waals surface area (Å²) in [5.41, 5.74) is 2.22. The Morgan fingerprint density at radius 2 is 1.56 bits per heavy atom. The topological polar surface area (TPSA) is 61.9 Å². The summed E-state index contributed by atoms with van der Waals surface area (Å²) >= 11 is 0. The number of carbonyl (C=O) groups is 2. The van der Waals surface area contributed by atoms with Gasteiger partial charge in [0.15, 0.2) is 6.61 Å². The van der Waals surface area contributed by atoms with Gasteiger partial charge in [-0.05, 0) is 30.3 Å². The fraction of sp³-hybridized carbons (Fsp3) is 0.333. The van der Waals surface area contributed by atoms with Gasteiger partial charge in [0, 0.05) is 26.2 Å². The molecule has 1 N–H and O–H groups in total. The third-order valence-electron chi connectivity index (χ3n) is 4.62. The molecule has 1 saturated heterocycles. The van der Waals surface area contributed by atoms with E-state index in [9.17, 15) is 9.59 Å². The summed E-state index contributed by atoms with van der Waals surface area (Å²) in [6.45, 7) is 3.04. The Labute approximate surface area is 159 Å². The second-order valence-electron chi connectivity index (χ2n) is 6.64. The number of nitrogens with zero attached hydrogens (tertiary/aromatic N) is 2. The van der Waals surface area contributed by atoms with Crippen molar-refractivity contribution in [1.29, 1.82) is 0 Å². The average Bonchev–Trinajstić information content (AvgIpc) is 2.72. The van der Waals surface area contributed by atoms with Gasteiger partial charge in [-0.3, -0.25) is 9.59 Å². The Bertz CT molecular complexity index is 754. The number of carbonyl (C=O) groups excluding carboxylic acids is 2. The van der Waals surface area contributed by atoms with E-state index in [2.05, 4.69) is 10.2 Å². The highest BCUT2D eigenvalue weighted by Gasteiger charge is 2.19. The zero-order valence-electron chi connectivity index (χ0n) is 15.6. The molecule has 0 atom stereocenters. The predicted octanol–water partition coefficient (Wildman–Crippen LogP) is 1.62. The van der Waals surface area contributed by atoms with Crippen LogP contribution in [-0.2, 0) is 9.59 Å². The summed E-state index contributed by atoms with van der Waals surface area (Å²) in [5, 5.41) is 2.63. The monoisotopic (exact) mass is 367 g/mol. The molecule has 6 heteroatoms. The van der Waals surface area contributed by atoms with Crippen LogP contribution in [0.4, 0.5) is 0 Å². The molecule has 0 saturated carbocycles. The summed E-state index contributed by atoms with van der Waals surface area (Å²) in [6.07, 6.45) is 0. The molecule has 0 aromatic heterocycles. The van der Waals surface area contributed by atoms with Crippen LogP contribution in [0.25, 0.3) is 11.1 Å². The number of ether oxygens (including phenoxy) is 1.